The maximum atomic E-state index is 9.13. The zero-order valence-corrected chi connectivity index (χ0v) is 12.7. The van der Waals surface area contributed by atoms with Crippen molar-refractivity contribution in [1.29, 1.82) is 0 Å². The summed E-state index contributed by atoms with van der Waals surface area (Å²) >= 11 is 1.67. The number of nitrogens with one attached hydrogen (secondary N) is 1. The second kappa shape index (κ2) is 5.75. The highest BCUT2D eigenvalue weighted by Gasteiger charge is 2.05. The van der Waals surface area contributed by atoms with Crippen LogP contribution in [-0.2, 0) is 13.2 Å². The highest BCUT2D eigenvalue weighted by molar-refractivity contribution is 7.18. The molecule has 3 aromatic rings. The van der Waals surface area contributed by atoms with Crippen LogP contribution in [-0.4, -0.2) is 20.1 Å². The van der Waals surface area contributed by atoms with Gasteiger partial charge in [-0.05, 0) is 31.5 Å². The monoisotopic (exact) mass is 300 g/mol. The van der Waals surface area contributed by atoms with E-state index < -0.39 is 0 Å². The molecule has 21 heavy (non-hydrogen) atoms. The molecule has 1 aromatic carbocycles. The maximum Gasteiger partial charge on any atom is 0.156 e. The SMILES string of the molecule is Cc1ccc2sc(CNc3cc(C)nc(CO)n3)nc2c1. The van der Waals surface area contributed by atoms with Gasteiger partial charge >= 0.3 is 0 Å². The van der Waals surface area contributed by atoms with Crippen molar-refractivity contribution in [1.82, 2.24) is 15.0 Å². The molecule has 108 valence electrons. The number of fused-ring (bicyclic) bond motifs is 1. The Labute approximate surface area is 126 Å². The van der Waals surface area contributed by atoms with Gasteiger partial charge in [-0.2, -0.15) is 0 Å². The Hall–Kier alpha value is -2.05. The van der Waals surface area contributed by atoms with Gasteiger partial charge in [0.15, 0.2) is 5.82 Å². The molecule has 0 aliphatic rings. The number of hydrogen-bond donors (Lipinski definition) is 2. The molecule has 0 amide bonds. The Morgan fingerprint density at radius 3 is 2.81 bits per heavy atom. The topological polar surface area (TPSA) is 70.9 Å². The van der Waals surface area contributed by atoms with Crippen molar-refractivity contribution in [3.05, 3.63) is 46.4 Å². The van der Waals surface area contributed by atoms with E-state index in [-0.39, 0.29) is 6.61 Å². The van der Waals surface area contributed by atoms with Gasteiger partial charge in [0.1, 0.15) is 17.4 Å². The molecule has 0 saturated heterocycles. The number of aliphatic hydroxyl groups excluding tert-OH is 1. The third-order valence-corrected chi connectivity index (χ3v) is 4.09. The fraction of sp³-hybridized carbons (Fsp3) is 0.267. The molecule has 0 aliphatic heterocycles. The zero-order valence-electron chi connectivity index (χ0n) is 11.9. The second-order valence-corrected chi connectivity index (χ2v) is 6.02. The largest absolute Gasteiger partial charge is 0.388 e. The van der Waals surface area contributed by atoms with Gasteiger partial charge in [0.2, 0.25) is 0 Å². The first-order chi connectivity index (χ1) is 10.1. The summed E-state index contributed by atoms with van der Waals surface area (Å²) in [6.45, 7) is 4.40. The molecule has 2 aromatic heterocycles. The van der Waals surface area contributed by atoms with Gasteiger partial charge in [-0.3, -0.25) is 0 Å². The summed E-state index contributed by atoms with van der Waals surface area (Å²) in [7, 11) is 0. The standard InChI is InChI=1S/C15H16N4OS/c1-9-3-4-12-11(5-9)18-15(21-12)7-16-13-6-10(2)17-14(8-20)19-13/h3-6,20H,7-8H2,1-2H3,(H,16,17,19). The lowest BCUT2D eigenvalue weighted by atomic mass is 10.2. The zero-order chi connectivity index (χ0) is 14.8. The maximum absolute atomic E-state index is 9.13. The number of aryl methyl sites for hydroxylation is 2. The van der Waals surface area contributed by atoms with Crippen LogP contribution in [0.2, 0.25) is 0 Å². The molecule has 3 rings (SSSR count). The van der Waals surface area contributed by atoms with Crippen LogP contribution in [0, 0.1) is 13.8 Å². The Morgan fingerprint density at radius 2 is 2.00 bits per heavy atom. The van der Waals surface area contributed by atoms with Gasteiger partial charge in [-0.25, -0.2) is 15.0 Å². The average Bonchev–Trinajstić information content (AvgIpc) is 2.86. The number of aliphatic hydroxyl groups is 1. The fourth-order valence-corrected chi connectivity index (χ4v) is 3.01. The molecule has 0 radical (unpaired) electrons. The van der Waals surface area contributed by atoms with E-state index in [1.54, 1.807) is 11.3 Å². The van der Waals surface area contributed by atoms with Crippen molar-refractivity contribution in [2.75, 3.05) is 5.32 Å². The number of anilines is 1. The normalized spacial score (nSPS) is 11.0. The van der Waals surface area contributed by atoms with E-state index in [4.69, 9.17) is 5.11 Å². The first-order valence-electron chi connectivity index (χ1n) is 6.69. The molecule has 0 saturated carbocycles. The van der Waals surface area contributed by atoms with Crippen molar-refractivity contribution in [3.8, 4) is 0 Å². The summed E-state index contributed by atoms with van der Waals surface area (Å²) in [6.07, 6.45) is 0. The molecule has 0 unspecified atom stereocenters. The van der Waals surface area contributed by atoms with Crippen LogP contribution in [0.5, 0.6) is 0 Å². The predicted molar refractivity (Wildman–Crippen MR) is 84.4 cm³/mol. The van der Waals surface area contributed by atoms with Gasteiger partial charge < -0.3 is 10.4 Å². The number of hydrogen-bond acceptors (Lipinski definition) is 6. The Morgan fingerprint density at radius 1 is 1.14 bits per heavy atom. The van der Waals surface area contributed by atoms with Gasteiger partial charge in [0.05, 0.1) is 16.8 Å². The van der Waals surface area contributed by atoms with E-state index in [1.165, 1.54) is 10.3 Å². The van der Waals surface area contributed by atoms with E-state index in [0.29, 0.717) is 18.2 Å². The summed E-state index contributed by atoms with van der Waals surface area (Å²) in [5.74, 6) is 1.14. The molecular weight excluding hydrogens is 284 g/mol. The van der Waals surface area contributed by atoms with Crippen LogP contribution in [0.1, 0.15) is 22.1 Å². The minimum atomic E-state index is -0.156. The van der Waals surface area contributed by atoms with Gasteiger partial charge in [0, 0.05) is 11.8 Å². The second-order valence-electron chi connectivity index (χ2n) is 4.90. The van der Waals surface area contributed by atoms with Gasteiger partial charge in [0.25, 0.3) is 0 Å². The third-order valence-electron chi connectivity index (χ3n) is 3.05. The number of aromatic nitrogens is 3. The number of rotatable bonds is 4. The summed E-state index contributed by atoms with van der Waals surface area (Å²) in [5.41, 5.74) is 3.08. The van der Waals surface area contributed by atoms with Gasteiger partial charge in [-0.1, -0.05) is 6.07 Å². The molecule has 0 fully saturated rings. The Balaban J connectivity index is 1.78. The molecular formula is C15H16N4OS. The van der Waals surface area contributed by atoms with Crippen molar-refractivity contribution >= 4 is 27.4 Å². The van der Waals surface area contributed by atoms with Crippen molar-refractivity contribution in [2.24, 2.45) is 0 Å². The lowest BCUT2D eigenvalue weighted by Crippen LogP contribution is -2.05. The molecule has 2 N–H and O–H groups in total. The minimum absolute atomic E-state index is 0.156. The molecule has 0 bridgehead atoms. The molecule has 5 nitrogen and oxygen atoms in total. The Kier molecular flexibility index (Phi) is 3.81. The van der Waals surface area contributed by atoms with Crippen LogP contribution < -0.4 is 5.32 Å². The van der Waals surface area contributed by atoms with Crippen LogP contribution in [0.3, 0.4) is 0 Å². The van der Waals surface area contributed by atoms with E-state index in [1.807, 2.05) is 13.0 Å². The third kappa shape index (κ3) is 3.17. The first-order valence-corrected chi connectivity index (χ1v) is 7.51. The first kappa shape index (κ1) is 13.9. The summed E-state index contributed by atoms with van der Waals surface area (Å²) in [4.78, 5) is 13.0. The minimum Gasteiger partial charge on any atom is -0.388 e. The molecule has 0 aliphatic carbocycles. The van der Waals surface area contributed by atoms with E-state index >= 15 is 0 Å². The van der Waals surface area contributed by atoms with Gasteiger partial charge in [-0.15, -0.1) is 11.3 Å². The van der Waals surface area contributed by atoms with E-state index in [0.717, 1.165) is 16.2 Å². The summed E-state index contributed by atoms with van der Waals surface area (Å²) in [6, 6.07) is 8.15. The van der Waals surface area contributed by atoms with Crippen molar-refractivity contribution in [2.45, 2.75) is 27.0 Å². The van der Waals surface area contributed by atoms with Crippen LogP contribution >= 0.6 is 11.3 Å². The molecule has 2 heterocycles. The van der Waals surface area contributed by atoms with Crippen molar-refractivity contribution < 1.29 is 5.11 Å². The summed E-state index contributed by atoms with van der Waals surface area (Å²) < 4.78 is 1.19. The highest BCUT2D eigenvalue weighted by atomic mass is 32.1. The number of benzene rings is 1. The predicted octanol–water partition coefficient (Wildman–Crippen LogP) is 2.81. The lowest BCUT2D eigenvalue weighted by Gasteiger charge is -2.05. The lowest BCUT2D eigenvalue weighted by molar-refractivity contribution is 0.271. The molecule has 0 atom stereocenters. The average molecular weight is 300 g/mol. The van der Waals surface area contributed by atoms with Crippen LogP contribution in [0.4, 0.5) is 5.82 Å². The highest BCUT2D eigenvalue weighted by Crippen LogP contribution is 2.23. The van der Waals surface area contributed by atoms with Crippen LogP contribution in [0.25, 0.3) is 10.2 Å². The number of nitrogens with zero attached hydrogens (tertiary/aromatic N) is 3. The summed E-state index contributed by atoms with van der Waals surface area (Å²) in [5, 5.41) is 13.4. The van der Waals surface area contributed by atoms with Crippen LogP contribution in [0.15, 0.2) is 24.3 Å². The smallest absolute Gasteiger partial charge is 0.156 e. The van der Waals surface area contributed by atoms with E-state index in [2.05, 4.69) is 45.4 Å². The quantitative estimate of drug-likeness (QED) is 0.775. The van der Waals surface area contributed by atoms with Crippen molar-refractivity contribution in [3.63, 3.8) is 0 Å². The number of thiazole rings is 1. The van der Waals surface area contributed by atoms with E-state index in [9.17, 15) is 0 Å². The molecule has 0 spiro atoms. The molecule has 6 heteroatoms. The fourth-order valence-electron chi connectivity index (χ4n) is 2.12. The Bertz CT molecular complexity index is 784.